The molecular formula is C15H21NO3S. The molecule has 0 saturated heterocycles. The third kappa shape index (κ3) is 4.34. The molecule has 0 unspecified atom stereocenters. The molecule has 0 radical (unpaired) electrons. The zero-order chi connectivity index (χ0) is 14.4. The summed E-state index contributed by atoms with van der Waals surface area (Å²) in [5, 5.41) is 6.53. The van der Waals surface area contributed by atoms with Crippen molar-refractivity contribution in [3.63, 3.8) is 0 Å². The largest absolute Gasteiger partial charge is 0.449 e. The molecule has 0 aromatic carbocycles. The molecule has 1 fully saturated rings. The number of amides is 1. The first-order valence-electron chi connectivity index (χ1n) is 7.20. The van der Waals surface area contributed by atoms with Gasteiger partial charge in [-0.05, 0) is 31.2 Å². The Labute approximate surface area is 123 Å². The van der Waals surface area contributed by atoms with E-state index in [1.54, 1.807) is 18.4 Å². The Balaban J connectivity index is 1.80. The predicted octanol–water partition coefficient (Wildman–Crippen LogP) is 3.13. The summed E-state index contributed by atoms with van der Waals surface area (Å²) in [6.45, 7) is 1.62. The van der Waals surface area contributed by atoms with Crippen LogP contribution in [-0.4, -0.2) is 24.0 Å². The van der Waals surface area contributed by atoms with E-state index in [2.05, 4.69) is 5.32 Å². The summed E-state index contributed by atoms with van der Waals surface area (Å²) in [4.78, 5) is 23.8. The zero-order valence-corrected chi connectivity index (χ0v) is 12.6. The highest BCUT2D eigenvalue weighted by molar-refractivity contribution is 7.08. The van der Waals surface area contributed by atoms with Gasteiger partial charge in [-0.2, -0.15) is 11.3 Å². The summed E-state index contributed by atoms with van der Waals surface area (Å²) >= 11 is 1.43. The molecule has 1 aromatic rings. The maximum atomic E-state index is 12.0. The van der Waals surface area contributed by atoms with E-state index in [1.165, 1.54) is 24.2 Å². The van der Waals surface area contributed by atoms with Crippen molar-refractivity contribution in [3.05, 3.63) is 22.4 Å². The van der Waals surface area contributed by atoms with Crippen LogP contribution >= 0.6 is 11.3 Å². The molecule has 0 aliphatic heterocycles. The first-order valence-corrected chi connectivity index (χ1v) is 8.14. The van der Waals surface area contributed by atoms with Crippen molar-refractivity contribution >= 4 is 23.2 Å². The molecule has 4 nitrogen and oxygen atoms in total. The lowest BCUT2D eigenvalue weighted by molar-refractivity contribution is -0.129. The molecule has 1 atom stereocenters. The van der Waals surface area contributed by atoms with Gasteiger partial charge in [0.25, 0.3) is 5.91 Å². The number of rotatable bonds is 4. The van der Waals surface area contributed by atoms with Gasteiger partial charge in [0.15, 0.2) is 6.10 Å². The average molecular weight is 295 g/mol. The lowest BCUT2D eigenvalue weighted by Crippen LogP contribution is -2.41. The van der Waals surface area contributed by atoms with Crippen LogP contribution in [0, 0.1) is 0 Å². The highest BCUT2D eigenvalue weighted by atomic mass is 32.1. The molecular weight excluding hydrogens is 274 g/mol. The number of esters is 1. The smallest absolute Gasteiger partial charge is 0.339 e. The molecule has 20 heavy (non-hydrogen) atoms. The second-order valence-electron chi connectivity index (χ2n) is 5.26. The number of ether oxygens (including phenoxy) is 1. The summed E-state index contributed by atoms with van der Waals surface area (Å²) in [5.41, 5.74) is 0.504. The van der Waals surface area contributed by atoms with Gasteiger partial charge in [0.1, 0.15) is 0 Å². The van der Waals surface area contributed by atoms with E-state index in [-0.39, 0.29) is 11.9 Å². The van der Waals surface area contributed by atoms with E-state index in [1.807, 2.05) is 5.38 Å². The number of carbonyl (C=O) groups is 2. The van der Waals surface area contributed by atoms with Gasteiger partial charge in [-0.3, -0.25) is 4.79 Å². The van der Waals surface area contributed by atoms with Crippen molar-refractivity contribution in [2.75, 3.05) is 0 Å². The SMILES string of the molecule is C[C@H](OC(=O)c1ccsc1)C(=O)NC1CCCCCC1. The van der Waals surface area contributed by atoms with Crippen molar-refractivity contribution in [3.8, 4) is 0 Å². The van der Waals surface area contributed by atoms with Crippen LogP contribution in [0.25, 0.3) is 0 Å². The van der Waals surface area contributed by atoms with Crippen molar-refractivity contribution in [2.45, 2.75) is 57.6 Å². The van der Waals surface area contributed by atoms with Crippen LogP contribution in [-0.2, 0) is 9.53 Å². The number of thiophene rings is 1. The monoisotopic (exact) mass is 295 g/mol. The number of carbonyl (C=O) groups excluding carboxylic acids is 2. The van der Waals surface area contributed by atoms with Gasteiger partial charge in [-0.15, -0.1) is 0 Å². The fraction of sp³-hybridized carbons (Fsp3) is 0.600. The number of nitrogens with one attached hydrogen (secondary N) is 1. The minimum Gasteiger partial charge on any atom is -0.449 e. The Bertz CT molecular complexity index is 436. The van der Waals surface area contributed by atoms with Crippen molar-refractivity contribution in [1.82, 2.24) is 5.32 Å². The summed E-state index contributed by atoms with van der Waals surface area (Å²) in [6.07, 6.45) is 6.12. The zero-order valence-electron chi connectivity index (χ0n) is 11.8. The quantitative estimate of drug-likeness (QED) is 0.686. The average Bonchev–Trinajstić information content (AvgIpc) is 2.85. The van der Waals surface area contributed by atoms with E-state index in [0.717, 1.165) is 25.7 Å². The molecule has 5 heteroatoms. The summed E-state index contributed by atoms with van der Waals surface area (Å²) in [5.74, 6) is -0.629. The molecule has 110 valence electrons. The Morgan fingerprint density at radius 3 is 2.60 bits per heavy atom. The third-order valence-electron chi connectivity index (χ3n) is 3.61. The van der Waals surface area contributed by atoms with Crippen LogP contribution in [0.15, 0.2) is 16.8 Å². The fourth-order valence-electron chi connectivity index (χ4n) is 2.40. The highest BCUT2D eigenvalue weighted by Crippen LogP contribution is 2.17. The molecule has 1 aromatic heterocycles. The molecule has 1 aliphatic rings. The minimum atomic E-state index is -0.745. The standard InChI is InChI=1S/C15H21NO3S/c1-11(19-15(18)12-8-9-20-10-12)14(17)16-13-6-4-2-3-5-7-13/h8-11,13H,2-7H2,1H3,(H,16,17)/t11-/m0/s1. The topological polar surface area (TPSA) is 55.4 Å². The van der Waals surface area contributed by atoms with Crippen LogP contribution in [0.4, 0.5) is 0 Å². The minimum absolute atomic E-state index is 0.194. The van der Waals surface area contributed by atoms with Crippen molar-refractivity contribution in [2.24, 2.45) is 0 Å². The van der Waals surface area contributed by atoms with Crippen LogP contribution in [0.5, 0.6) is 0 Å². The lowest BCUT2D eigenvalue weighted by atomic mass is 10.1. The fourth-order valence-corrected chi connectivity index (χ4v) is 3.03. The van der Waals surface area contributed by atoms with E-state index in [4.69, 9.17) is 4.74 Å². The molecule has 1 saturated carbocycles. The maximum absolute atomic E-state index is 12.0. The molecule has 1 aliphatic carbocycles. The number of hydrogen-bond acceptors (Lipinski definition) is 4. The van der Waals surface area contributed by atoms with E-state index in [0.29, 0.717) is 5.56 Å². The van der Waals surface area contributed by atoms with Gasteiger partial charge in [0, 0.05) is 11.4 Å². The Morgan fingerprint density at radius 2 is 2.00 bits per heavy atom. The number of hydrogen-bond donors (Lipinski definition) is 1. The van der Waals surface area contributed by atoms with E-state index >= 15 is 0 Å². The highest BCUT2D eigenvalue weighted by Gasteiger charge is 2.22. The molecule has 1 heterocycles. The van der Waals surface area contributed by atoms with E-state index in [9.17, 15) is 9.59 Å². The van der Waals surface area contributed by atoms with Crippen LogP contribution in [0.2, 0.25) is 0 Å². The first kappa shape index (κ1) is 15.0. The van der Waals surface area contributed by atoms with Gasteiger partial charge >= 0.3 is 5.97 Å². The molecule has 1 N–H and O–H groups in total. The first-order chi connectivity index (χ1) is 9.66. The second-order valence-corrected chi connectivity index (χ2v) is 6.04. The summed E-state index contributed by atoms with van der Waals surface area (Å²) in [6, 6.07) is 1.93. The van der Waals surface area contributed by atoms with E-state index < -0.39 is 12.1 Å². The molecule has 0 bridgehead atoms. The Kier molecular flexibility index (Phi) is 5.59. The van der Waals surface area contributed by atoms with Crippen molar-refractivity contribution < 1.29 is 14.3 Å². The normalized spacial score (nSPS) is 18.1. The Morgan fingerprint density at radius 1 is 1.30 bits per heavy atom. The Hall–Kier alpha value is -1.36. The van der Waals surface area contributed by atoms with Crippen LogP contribution < -0.4 is 5.32 Å². The second kappa shape index (κ2) is 7.43. The summed E-state index contributed by atoms with van der Waals surface area (Å²) < 4.78 is 5.19. The predicted molar refractivity (Wildman–Crippen MR) is 78.8 cm³/mol. The van der Waals surface area contributed by atoms with Crippen LogP contribution in [0.3, 0.4) is 0 Å². The molecule has 1 amide bonds. The van der Waals surface area contributed by atoms with Crippen molar-refractivity contribution in [1.29, 1.82) is 0 Å². The van der Waals surface area contributed by atoms with Crippen LogP contribution in [0.1, 0.15) is 55.8 Å². The summed E-state index contributed by atoms with van der Waals surface area (Å²) in [7, 11) is 0. The van der Waals surface area contributed by atoms with Gasteiger partial charge in [0.2, 0.25) is 0 Å². The third-order valence-corrected chi connectivity index (χ3v) is 4.29. The maximum Gasteiger partial charge on any atom is 0.339 e. The lowest BCUT2D eigenvalue weighted by Gasteiger charge is -2.19. The molecule has 2 rings (SSSR count). The van der Waals surface area contributed by atoms with Gasteiger partial charge < -0.3 is 10.1 Å². The van der Waals surface area contributed by atoms with Gasteiger partial charge in [-0.25, -0.2) is 4.79 Å². The molecule has 0 spiro atoms. The van der Waals surface area contributed by atoms with Gasteiger partial charge in [0.05, 0.1) is 5.56 Å². The van der Waals surface area contributed by atoms with Gasteiger partial charge in [-0.1, -0.05) is 25.7 Å².